The average molecular weight is 319 g/mol. The molecule has 0 fully saturated rings. The van der Waals surface area contributed by atoms with Gasteiger partial charge in [0.15, 0.2) is 0 Å². The van der Waals surface area contributed by atoms with Crippen molar-refractivity contribution in [1.29, 1.82) is 0 Å². The minimum Gasteiger partial charge on any atom is -0.497 e. The molecule has 0 bridgehead atoms. The number of benzene rings is 1. The van der Waals surface area contributed by atoms with Crippen molar-refractivity contribution in [2.24, 2.45) is 0 Å². The summed E-state index contributed by atoms with van der Waals surface area (Å²) >= 11 is 1.37. The number of aromatic nitrogens is 2. The largest absolute Gasteiger partial charge is 0.497 e. The number of nitrogens with zero attached hydrogens (tertiary/aromatic N) is 2. The number of hydrogen-bond donors (Lipinski definition) is 1. The second-order valence-electron chi connectivity index (χ2n) is 4.28. The maximum Gasteiger partial charge on any atom is 0.250 e. The first-order chi connectivity index (χ1) is 10.7. The molecular formula is C15H17N3O3S. The van der Waals surface area contributed by atoms with Crippen molar-refractivity contribution in [1.82, 2.24) is 10.2 Å². The van der Waals surface area contributed by atoms with Gasteiger partial charge >= 0.3 is 0 Å². The van der Waals surface area contributed by atoms with Crippen LogP contribution in [0, 0.1) is 0 Å². The summed E-state index contributed by atoms with van der Waals surface area (Å²) in [5, 5.41) is 11.9. The van der Waals surface area contributed by atoms with E-state index in [4.69, 9.17) is 9.47 Å². The first-order valence-corrected chi connectivity index (χ1v) is 7.51. The van der Waals surface area contributed by atoms with Crippen LogP contribution in [0.2, 0.25) is 0 Å². The van der Waals surface area contributed by atoms with Gasteiger partial charge in [0.25, 0.3) is 0 Å². The lowest BCUT2D eigenvalue weighted by molar-refractivity contribution is -0.111. The smallest absolute Gasteiger partial charge is 0.250 e. The molecule has 1 heterocycles. The van der Waals surface area contributed by atoms with Crippen LogP contribution in [-0.4, -0.2) is 30.3 Å². The van der Waals surface area contributed by atoms with E-state index in [0.29, 0.717) is 16.6 Å². The minimum atomic E-state index is -0.267. The molecule has 1 aromatic heterocycles. The van der Waals surface area contributed by atoms with Crippen LogP contribution in [0.1, 0.15) is 17.5 Å². The van der Waals surface area contributed by atoms with Crippen molar-refractivity contribution in [2.75, 3.05) is 19.5 Å². The molecule has 0 spiro atoms. The summed E-state index contributed by atoms with van der Waals surface area (Å²) in [7, 11) is 3.16. The highest BCUT2D eigenvalue weighted by atomic mass is 32.1. The molecule has 1 aromatic carbocycles. The summed E-state index contributed by atoms with van der Waals surface area (Å²) in [6, 6.07) is 5.38. The quantitative estimate of drug-likeness (QED) is 0.829. The topological polar surface area (TPSA) is 73.3 Å². The fourth-order valence-electron chi connectivity index (χ4n) is 1.72. The van der Waals surface area contributed by atoms with E-state index in [0.717, 1.165) is 17.0 Å². The van der Waals surface area contributed by atoms with Crippen molar-refractivity contribution in [3.05, 3.63) is 34.8 Å². The van der Waals surface area contributed by atoms with Crippen molar-refractivity contribution < 1.29 is 14.3 Å². The Morgan fingerprint density at radius 1 is 1.32 bits per heavy atom. The van der Waals surface area contributed by atoms with Crippen LogP contribution < -0.4 is 14.8 Å². The zero-order chi connectivity index (χ0) is 15.9. The van der Waals surface area contributed by atoms with Gasteiger partial charge in [0.1, 0.15) is 16.5 Å². The Morgan fingerprint density at radius 2 is 2.14 bits per heavy atom. The first kappa shape index (κ1) is 16.0. The number of hydrogen-bond acceptors (Lipinski definition) is 6. The van der Waals surface area contributed by atoms with E-state index >= 15 is 0 Å². The third-order valence-electron chi connectivity index (χ3n) is 2.85. The lowest BCUT2D eigenvalue weighted by Gasteiger charge is -2.07. The lowest BCUT2D eigenvalue weighted by Crippen LogP contribution is -2.07. The zero-order valence-corrected chi connectivity index (χ0v) is 13.4. The van der Waals surface area contributed by atoms with Crippen molar-refractivity contribution >= 4 is 28.5 Å². The molecule has 1 amide bonds. The van der Waals surface area contributed by atoms with Gasteiger partial charge in [-0.05, 0) is 24.6 Å². The maximum absolute atomic E-state index is 11.9. The third-order valence-corrected chi connectivity index (χ3v) is 3.84. The molecule has 22 heavy (non-hydrogen) atoms. The second-order valence-corrected chi connectivity index (χ2v) is 5.35. The van der Waals surface area contributed by atoms with Gasteiger partial charge in [-0.1, -0.05) is 18.3 Å². The highest BCUT2D eigenvalue weighted by Gasteiger charge is 2.06. The summed E-state index contributed by atoms with van der Waals surface area (Å²) in [5.41, 5.74) is 0.782. The zero-order valence-electron chi connectivity index (χ0n) is 12.6. The molecule has 0 aliphatic heterocycles. The molecule has 0 aliphatic rings. The van der Waals surface area contributed by atoms with Gasteiger partial charge < -0.3 is 9.47 Å². The SMILES string of the molecule is CCc1nnc(NC(=O)C=Cc2ccc(OC)cc2OC)s1. The van der Waals surface area contributed by atoms with Gasteiger partial charge in [0.2, 0.25) is 11.0 Å². The van der Waals surface area contributed by atoms with Crippen LogP contribution in [0.5, 0.6) is 11.5 Å². The van der Waals surface area contributed by atoms with Gasteiger partial charge in [0.05, 0.1) is 14.2 Å². The molecule has 2 aromatic rings. The van der Waals surface area contributed by atoms with Gasteiger partial charge in [-0.2, -0.15) is 0 Å². The van der Waals surface area contributed by atoms with Crippen LogP contribution in [0.15, 0.2) is 24.3 Å². The van der Waals surface area contributed by atoms with Crippen molar-refractivity contribution in [3.63, 3.8) is 0 Å². The Bertz CT molecular complexity index is 682. The predicted molar refractivity (Wildman–Crippen MR) is 86.5 cm³/mol. The second kappa shape index (κ2) is 7.56. The molecule has 0 aliphatic carbocycles. The van der Waals surface area contributed by atoms with Gasteiger partial charge in [-0.3, -0.25) is 10.1 Å². The van der Waals surface area contributed by atoms with E-state index in [1.165, 1.54) is 17.4 Å². The Kier molecular flexibility index (Phi) is 5.48. The highest BCUT2D eigenvalue weighted by Crippen LogP contribution is 2.25. The number of ether oxygens (including phenoxy) is 2. The fraction of sp³-hybridized carbons (Fsp3) is 0.267. The summed E-state index contributed by atoms with van der Waals surface area (Å²) in [6.45, 7) is 1.99. The summed E-state index contributed by atoms with van der Waals surface area (Å²) < 4.78 is 10.4. The van der Waals surface area contributed by atoms with Crippen LogP contribution in [0.3, 0.4) is 0 Å². The van der Waals surface area contributed by atoms with Gasteiger partial charge in [-0.25, -0.2) is 0 Å². The fourth-order valence-corrected chi connectivity index (χ4v) is 2.40. The summed E-state index contributed by atoms with van der Waals surface area (Å²) in [4.78, 5) is 11.9. The molecule has 116 valence electrons. The Morgan fingerprint density at radius 3 is 2.77 bits per heavy atom. The number of rotatable bonds is 6. The van der Waals surface area contributed by atoms with E-state index in [1.807, 2.05) is 13.0 Å². The normalized spacial score (nSPS) is 10.7. The van der Waals surface area contributed by atoms with Gasteiger partial charge in [0, 0.05) is 17.7 Å². The number of anilines is 1. The molecule has 0 saturated carbocycles. The molecule has 0 unspecified atom stereocenters. The van der Waals surface area contributed by atoms with Crippen LogP contribution >= 0.6 is 11.3 Å². The minimum absolute atomic E-state index is 0.267. The Balaban J connectivity index is 2.05. The average Bonchev–Trinajstić information content (AvgIpc) is 3.00. The molecule has 1 N–H and O–H groups in total. The molecule has 6 nitrogen and oxygen atoms in total. The molecular weight excluding hydrogens is 302 g/mol. The van der Waals surface area contributed by atoms with Gasteiger partial charge in [-0.15, -0.1) is 10.2 Å². The molecule has 7 heteroatoms. The van der Waals surface area contributed by atoms with Crippen LogP contribution in [0.25, 0.3) is 6.08 Å². The highest BCUT2D eigenvalue weighted by molar-refractivity contribution is 7.15. The molecule has 2 rings (SSSR count). The molecule has 0 radical (unpaired) electrons. The number of amides is 1. The first-order valence-electron chi connectivity index (χ1n) is 6.69. The number of methoxy groups -OCH3 is 2. The predicted octanol–water partition coefficient (Wildman–Crippen LogP) is 2.77. The van der Waals surface area contributed by atoms with E-state index in [1.54, 1.807) is 32.4 Å². The molecule has 0 saturated heterocycles. The Labute approximate surface area is 132 Å². The summed E-state index contributed by atoms with van der Waals surface area (Å²) in [6.07, 6.45) is 3.90. The maximum atomic E-state index is 11.9. The molecule has 0 atom stereocenters. The standard InChI is InChI=1S/C15H17N3O3S/c1-4-14-17-18-15(22-14)16-13(19)8-6-10-5-7-11(20-2)9-12(10)21-3/h5-9H,4H2,1-3H3,(H,16,18,19). The van der Waals surface area contributed by atoms with Crippen molar-refractivity contribution in [2.45, 2.75) is 13.3 Å². The summed E-state index contributed by atoms with van der Waals surface area (Å²) in [5.74, 6) is 1.06. The monoisotopic (exact) mass is 319 g/mol. The van der Waals surface area contributed by atoms with E-state index in [9.17, 15) is 4.79 Å². The number of carbonyl (C=O) groups is 1. The third kappa shape index (κ3) is 4.05. The number of carbonyl (C=O) groups excluding carboxylic acids is 1. The van der Waals surface area contributed by atoms with E-state index < -0.39 is 0 Å². The lowest BCUT2D eigenvalue weighted by atomic mass is 10.1. The Hall–Kier alpha value is -2.41. The van der Waals surface area contributed by atoms with Crippen LogP contribution in [0.4, 0.5) is 5.13 Å². The number of nitrogens with one attached hydrogen (secondary N) is 1. The van der Waals surface area contributed by atoms with E-state index in [-0.39, 0.29) is 5.91 Å². The van der Waals surface area contributed by atoms with Crippen LogP contribution in [-0.2, 0) is 11.2 Å². The van der Waals surface area contributed by atoms with E-state index in [2.05, 4.69) is 15.5 Å². The van der Waals surface area contributed by atoms with Crippen molar-refractivity contribution in [3.8, 4) is 11.5 Å². The number of aryl methyl sites for hydroxylation is 1.